The van der Waals surface area contributed by atoms with Gasteiger partial charge in [0.2, 0.25) is 0 Å². The third kappa shape index (κ3) is 4.84. The molecule has 1 atom stereocenters. The first-order valence-electron chi connectivity index (χ1n) is 6.50. The Hall–Kier alpha value is -0.770. The number of unbranched alkanes of at least 4 members (excludes halogenated alkanes) is 2. The van der Waals surface area contributed by atoms with Crippen molar-refractivity contribution in [3.63, 3.8) is 0 Å². The first kappa shape index (κ1) is 13.3. The van der Waals surface area contributed by atoms with Gasteiger partial charge in [-0.3, -0.25) is 0 Å². The fraction of sp³-hybridized carbons (Fsp3) is 0.917. The Morgan fingerprint density at radius 1 is 1.38 bits per heavy atom. The topological polar surface area (TPSA) is 44.4 Å². The number of nitrogens with zero attached hydrogens (tertiary/aromatic N) is 1. The first-order chi connectivity index (χ1) is 7.74. The van der Waals surface area contributed by atoms with E-state index in [1.807, 2.05) is 11.8 Å². The molecule has 1 saturated heterocycles. The molecule has 0 radical (unpaired) electrons. The summed E-state index contributed by atoms with van der Waals surface area (Å²) in [7, 11) is 0. The number of hydrogen-bond acceptors (Lipinski definition) is 2. The Kier molecular flexibility index (Phi) is 6.23. The number of hydrogen-bond donors (Lipinski definition) is 2. The van der Waals surface area contributed by atoms with Crippen LogP contribution in [0.4, 0.5) is 4.79 Å². The second-order valence-corrected chi connectivity index (χ2v) is 4.61. The van der Waals surface area contributed by atoms with Gasteiger partial charge in [-0.15, -0.1) is 0 Å². The van der Waals surface area contributed by atoms with Crippen molar-refractivity contribution >= 4 is 6.03 Å². The van der Waals surface area contributed by atoms with Crippen molar-refractivity contribution in [2.45, 2.75) is 45.6 Å². The van der Waals surface area contributed by atoms with Gasteiger partial charge < -0.3 is 15.5 Å². The fourth-order valence-electron chi connectivity index (χ4n) is 1.93. The molecule has 1 fully saturated rings. The zero-order chi connectivity index (χ0) is 11.8. The van der Waals surface area contributed by atoms with Crippen molar-refractivity contribution in [1.29, 1.82) is 0 Å². The molecular weight excluding hydrogens is 202 g/mol. The van der Waals surface area contributed by atoms with Crippen LogP contribution in [0.25, 0.3) is 0 Å². The van der Waals surface area contributed by atoms with E-state index in [2.05, 4.69) is 17.6 Å². The van der Waals surface area contributed by atoms with Gasteiger partial charge in [0.15, 0.2) is 0 Å². The summed E-state index contributed by atoms with van der Waals surface area (Å²) in [6, 6.07) is 0.418. The molecule has 16 heavy (non-hydrogen) atoms. The Morgan fingerprint density at radius 3 is 2.75 bits per heavy atom. The van der Waals surface area contributed by atoms with E-state index in [1.54, 1.807) is 0 Å². The van der Waals surface area contributed by atoms with E-state index in [-0.39, 0.29) is 6.03 Å². The van der Waals surface area contributed by atoms with Crippen molar-refractivity contribution in [2.75, 3.05) is 26.2 Å². The van der Waals surface area contributed by atoms with Crippen molar-refractivity contribution in [3.05, 3.63) is 0 Å². The Morgan fingerprint density at radius 2 is 2.12 bits per heavy atom. The van der Waals surface area contributed by atoms with E-state index < -0.39 is 0 Å². The lowest BCUT2D eigenvalue weighted by atomic mass is 10.2. The van der Waals surface area contributed by atoms with Crippen LogP contribution in [-0.2, 0) is 0 Å². The van der Waals surface area contributed by atoms with E-state index >= 15 is 0 Å². The molecule has 0 aromatic heterocycles. The van der Waals surface area contributed by atoms with Gasteiger partial charge in [-0.2, -0.15) is 0 Å². The van der Waals surface area contributed by atoms with Crippen LogP contribution in [0.1, 0.15) is 39.5 Å². The fourth-order valence-corrected chi connectivity index (χ4v) is 1.93. The summed E-state index contributed by atoms with van der Waals surface area (Å²) in [5.74, 6) is 0. The van der Waals surface area contributed by atoms with E-state index in [1.165, 1.54) is 12.8 Å². The molecule has 0 aromatic rings. The van der Waals surface area contributed by atoms with Crippen LogP contribution in [0.3, 0.4) is 0 Å². The standard InChI is InChI=1S/C12H25N3O/c1-3-4-7-13-8-5-6-9-15-10-11(2)14-12(15)16/h11,13H,3-10H2,1-2H3,(H,14,16). The molecule has 4 nitrogen and oxygen atoms in total. The lowest BCUT2D eigenvalue weighted by Gasteiger charge is -2.13. The minimum atomic E-state index is 0.103. The average Bonchev–Trinajstić information content (AvgIpc) is 2.56. The van der Waals surface area contributed by atoms with E-state index in [0.29, 0.717) is 6.04 Å². The maximum Gasteiger partial charge on any atom is 0.317 e. The van der Waals surface area contributed by atoms with Gasteiger partial charge in [-0.05, 0) is 39.3 Å². The second-order valence-electron chi connectivity index (χ2n) is 4.61. The molecule has 0 saturated carbocycles. The summed E-state index contributed by atoms with van der Waals surface area (Å²) < 4.78 is 0. The Labute approximate surface area is 98.8 Å². The van der Waals surface area contributed by atoms with Crippen LogP contribution in [0.2, 0.25) is 0 Å². The molecule has 0 aromatic carbocycles. The van der Waals surface area contributed by atoms with E-state index in [0.717, 1.165) is 39.0 Å². The number of rotatable bonds is 8. The van der Waals surface area contributed by atoms with Gasteiger partial charge in [0.05, 0.1) is 0 Å². The van der Waals surface area contributed by atoms with Gasteiger partial charge >= 0.3 is 6.03 Å². The van der Waals surface area contributed by atoms with Gasteiger partial charge in [0.25, 0.3) is 0 Å². The number of carbonyl (C=O) groups excluding carboxylic acids is 1. The van der Waals surface area contributed by atoms with Crippen molar-refractivity contribution in [3.8, 4) is 0 Å². The molecule has 4 heteroatoms. The molecule has 1 aliphatic heterocycles. The summed E-state index contributed by atoms with van der Waals surface area (Å²) >= 11 is 0. The smallest absolute Gasteiger partial charge is 0.317 e. The summed E-state index contributed by atoms with van der Waals surface area (Å²) in [5, 5.41) is 6.32. The molecule has 2 amide bonds. The molecule has 1 rings (SSSR count). The zero-order valence-electron chi connectivity index (χ0n) is 10.6. The SMILES string of the molecule is CCCCNCCCCN1CC(C)NC1=O. The highest BCUT2D eigenvalue weighted by molar-refractivity contribution is 5.76. The van der Waals surface area contributed by atoms with Gasteiger partial charge in [0.1, 0.15) is 0 Å². The molecule has 0 bridgehead atoms. The lowest BCUT2D eigenvalue weighted by molar-refractivity contribution is 0.216. The Bertz CT molecular complexity index is 208. The predicted octanol–water partition coefficient (Wildman–Crippen LogP) is 1.57. The predicted molar refractivity (Wildman–Crippen MR) is 66.6 cm³/mol. The number of nitrogens with one attached hydrogen (secondary N) is 2. The zero-order valence-corrected chi connectivity index (χ0v) is 10.6. The average molecular weight is 227 g/mol. The quantitative estimate of drug-likeness (QED) is 0.618. The van der Waals surface area contributed by atoms with Crippen LogP contribution in [0, 0.1) is 0 Å². The third-order valence-corrected chi connectivity index (χ3v) is 2.89. The Balaban J connectivity index is 1.93. The highest BCUT2D eigenvalue weighted by Crippen LogP contribution is 2.04. The monoisotopic (exact) mass is 227 g/mol. The van der Waals surface area contributed by atoms with Crippen molar-refractivity contribution in [2.24, 2.45) is 0 Å². The number of urea groups is 1. The molecule has 0 spiro atoms. The van der Waals surface area contributed by atoms with Gasteiger partial charge in [-0.25, -0.2) is 4.79 Å². The minimum Gasteiger partial charge on any atom is -0.334 e. The number of carbonyl (C=O) groups is 1. The lowest BCUT2D eigenvalue weighted by Crippen LogP contribution is -2.29. The molecule has 1 unspecified atom stereocenters. The highest BCUT2D eigenvalue weighted by atomic mass is 16.2. The number of amides is 2. The second kappa shape index (κ2) is 7.49. The minimum absolute atomic E-state index is 0.103. The summed E-state index contributed by atoms with van der Waals surface area (Å²) in [4.78, 5) is 13.3. The molecule has 1 aliphatic rings. The van der Waals surface area contributed by atoms with Crippen LogP contribution >= 0.6 is 0 Å². The maximum absolute atomic E-state index is 11.4. The summed E-state index contributed by atoms with van der Waals surface area (Å²) in [6.07, 6.45) is 4.76. The largest absolute Gasteiger partial charge is 0.334 e. The van der Waals surface area contributed by atoms with Crippen LogP contribution in [0.15, 0.2) is 0 Å². The van der Waals surface area contributed by atoms with E-state index in [4.69, 9.17) is 0 Å². The van der Waals surface area contributed by atoms with Crippen LogP contribution < -0.4 is 10.6 Å². The maximum atomic E-state index is 11.4. The van der Waals surface area contributed by atoms with Crippen LogP contribution in [-0.4, -0.2) is 43.2 Å². The first-order valence-corrected chi connectivity index (χ1v) is 6.50. The van der Waals surface area contributed by atoms with Crippen molar-refractivity contribution in [1.82, 2.24) is 15.5 Å². The van der Waals surface area contributed by atoms with Crippen molar-refractivity contribution < 1.29 is 4.79 Å². The normalized spacial score (nSPS) is 20.2. The molecule has 0 aliphatic carbocycles. The molecular formula is C12H25N3O. The van der Waals surface area contributed by atoms with Crippen LogP contribution in [0.5, 0.6) is 0 Å². The molecule has 1 heterocycles. The molecule has 94 valence electrons. The van der Waals surface area contributed by atoms with E-state index in [9.17, 15) is 4.79 Å². The third-order valence-electron chi connectivity index (χ3n) is 2.89. The van der Waals surface area contributed by atoms with Gasteiger partial charge in [0, 0.05) is 19.1 Å². The summed E-state index contributed by atoms with van der Waals surface area (Å²) in [6.45, 7) is 8.20. The molecule has 2 N–H and O–H groups in total. The summed E-state index contributed by atoms with van der Waals surface area (Å²) in [5.41, 5.74) is 0. The van der Waals surface area contributed by atoms with Gasteiger partial charge in [-0.1, -0.05) is 13.3 Å². The highest BCUT2D eigenvalue weighted by Gasteiger charge is 2.24.